The number of hydrogen-bond donors (Lipinski definition) is 0. The molecule has 0 bridgehead atoms. The fraction of sp³-hybridized carbons (Fsp3) is 0. The van der Waals surface area contributed by atoms with Gasteiger partial charge in [-0.3, -0.25) is 0 Å². The molecule has 1 aliphatic heterocycles. The molecule has 49 heavy (non-hydrogen) atoms. The van der Waals surface area contributed by atoms with Crippen molar-refractivity contribution in [2.75, 3.05) is 4.90 Å². The third-order valence-electron chi connectivity index (χ3n) is 9.11. The van der Waals surface area contributed by atoms with Gasteiger partial charge in [-0.2, -0.15) is 0 Å². The molecule has 3 nitrogen and oxygen atoms in total. The van der Waals surface area contributed by atoms with E-state index in [9.17, 15) is 0 Å². The van der Waals surface area contributed by atoms with Crippen molar-refractivity contribution in [3.8, 4) is 56.4 Å². The van der Waals surface area contributed by atoms with Crippen LogP contribution in [0.3, 0.4) is 0 Å². The first kappa shape index (κ1) is 28.6. The molecule has 1 aliphatic rings. The third kappa shape index (κ3) is 5.48. The highest BCUT2D eigenvalue weighted by molar-refractivity contribution is 5.95. The zero-order valence-corrected chi connectivity index (χ0v) is 26.7. The van der Waals surface area contributed by atoms with Gasteiger partial charge in [-0.25, -0.2) is 0 Å². The standard InChI is InChI=1S/C46H31NO2/c1-3-10-32(11-4-1)34-20-24-39(25-21-34)47(40-26-22-35(23-27-40)38-17-7-16-37(30-38)33-12-5-2-6-13-33)41-28-29-42-45(31-41)49-44-19-9-15-36-14-8-18-43(48-42)46(36)44/h1-31H. The predicted molar refractivity (Wildman–Crippen MR) is 202 cm³/mol. The molecule has 0 saturated heterocycles. The van der Waals surface area contributed by atoms with Crippen molar-refractivity contribution in [3.63, 3.8) is 0 Å². The van der Waals surface area contributed by atoms with Crippen LogP contribution in [-0.2, 0) is 0 Å². The summed E-state index contributed by atoms with van der Waals surface area (Å²) in [5.74, 6) is 2.92. The topological polar surface area (TPSA) is 21.7 Å². The normalized spacial score (nSPS) is 11.6. The predicted octanol–water partition coefficient (Wildman–Crippen LogP) is 13.2. The Bertz CT molecular complexity index is 2410. The van der Waals surface area contributed by atoms with Crippen LogP contribution >= 0.6 is 0 Å². The first-order valence-corrected chi connectivity index (χ1v) is 16.5. The van der Waals surface area contributed by atoms with E-state index in [-0.39, 0.29) is 0 Å². The van der Waals surface area contributed by atoms with Gasteiger partial charge in [0.25, 0.3) is 0 Å². The van der Waals surface area contributed by atoms with Gasteiger partial charge in [-0.15, -0.1) is 0 Å². The fourth-order valence-electron chi connectivity index (χ4n) is 6.67. The zero-order chi connectivity index (χ0) is 32.6. The first-order chi connectivity index (χ1) is 24.3. The lowest BCUT2D eigenvalue weighted by Crippen LogP contribution is -2.10. The molecule has 0 spiro atoms. The van der Waals surface area contributed by atoms with Crippen molar-refractivity contribution in [2.24, 2.45) is 0 Å². The van der Waals surface area contributed by atoms with Gasteiger partial charge >= 0.3 is 0 Å². The van der Waals surface area contributed by atoms with Gasteiger partial charge in [0.1, 0.15) is 11.5 Å². The molecule has 0 atom stereocenters. The summed E-state index contributed by atoms with van der Waals surface area (Å²) in [7, 11) is 0. The zero-order valence-electron chi connectivity index (χ0n) is 26.7. The van der Waals surface area contributed by atoms with E-state index in [4.69, 9.17) is 9.47 Å². The summed E-state index contributed by atoms with van der Waals surface area (Å²) >= 11 is 0. The van der Waals surface area contributed by atoms with Crippen molar-refractivity contribution in [3.05, 3.63) is 188 Å². The molecule has 9 rings (SSSR count). The summed E-state index contributed by atoms with van der Waals surface area (Å²) in [4.78, 5) is 2.27. The molecule has 8 aromatic carbocycles. The molecule has 0 aromatic heterocycles. The monoisotopic (exact) mass is 629 g/mol. The maximum absolute atomic E-state index is 6.59. The lowest BCUT2D eigenvalue weighted by atomic mass is 9.99. The Kier molecular flexibility index (Phi) is 7.14. The Balaban J connectivity index is 1.12. The number of nitrogens with zero attached hydrogens (tertiary/aromatic N) is 1. The van der Waals surface area contributed by atoms with Crippen LogP contribution in [-0.4, -0.2) is 0 Å². The minimum Gasteiger partial charge on any atom is -0.453 e. The number of benzene rings is 8. The number of anilines is 3. The number of hydrogen-bond acceptors (Lipinski definition) is 3. The molecule has 0 radical (unpaired) electrons. The molecule has 3 heteroatoms. The quantitative estimate of drug-likeness (QED) is 0.183. The minimum absolute atomic E-state index is 0.668. The van der Waals surface area contributed by atoms with E-state index in [0.717, 1.165) is 44.9 Å². The fourth-order valence-corrected chi connectivity index (χ4v) is 6.67. The summed E-state index contributed by atoms with van der Waals surface area (Å²) in [6.07, 6.45) is 0. The van der Waals surface area contributed by atoms with Gasteiger partial charge in [0.05, 0.1) is 11.1 Å². The largest absolute Gasteiger partial charge is 0.453 e. The molecule has 1 heterocycles. The molecular formula is C46H31NO2. The van der Waals surface area contributed by atoms with E-state index in [2.05, 4.69) is 157 Å². The second kappa shape index (κ2) is 12.2. The molecule has 8 aromatic rings. The molecule has 232 valence electrons. The van der Waals surface area contributed by atoms with Gasteiger partial charge in [-0.05, 0) is 93.4 Å². The molecule has 0 aliphatic carbocycles. The Morgan fingerprint density at radius 3 is 1.33 bits per heavy atom. The third-order valence-corrected chi connectivity index (χ3v) is 9.11. The van der Waals surface area contributed by atoms with Crippen LogP contribution in [0.2, 0.25) is 0 Å². The molecule has 0 amide bonds. The van der Waals surface area contributed by atoms with Crippen molar-refractivity contribution in [2.45, 2.75) is 0 Å². The van der Waals surface area contributed by atoms with Gasteiger partial charge in [0.15, 0.2) is 11.5 Å². The van der Waals surface area contributed by atoms with Crippen LogP contribution in [0.1, 0.15) is 0 Å². The van der Waals surface area contributed by atoms with E-state index in [1.807, 2.05) is 36.4 Å². The summed E-state index contributed by atoms with van der Waals surface area (Å²) in [6, 6.07) is 65.6. The smallest absolute Gasteiger partial charge is 0.172 e. The van der Waals surface area contributed by atoms with Gasteiger partial charge in [0, 0.05) is 17.4 Å². The molecule has 0 fully saturated rings. The second-order valence-electron chi connectivity index (χ2n) is 12.2. The Labute approximate surface area is 285 Å². The van der Waals surface area contributed by atoms with E-state index >= 15 is 0 Å². The average molecular weight is 630 g/mol. The van der Waals surface area contributed by atoms with Crippen LogP contribution in [0.15, 0.2) is 188 Å². The first-order valence-electron chi connectivity index (χ1n) is 16.5. The van der Waals surface area contributed by atoms with E-state index in [0.29, 0.717) is 11.5 Å². The van der Waals surface area contributed by atoms with Gasteiger partial charge in [0.2, 0.25) is 0 Å². The van der Waals surface area contributed by atoms with Crippen LogP contribution in [0.4, 0.5) is 17.1 Å². The Hall–Kier alpha value is -6.58. The summed E-state index contributed by atoms with van der Waals surface area (Å²) in [5.41, 5.74) is 10.1. The summed E-state index contributed by atoms with van der Waals surface area (Å²) in [6.45, 7) is 0. The molecule has 0 unspecified atom stereocenters. The highest BCUT2D eigenvalue weighted by Crippen LogP contribution is 2.48. The highest BCUT2D eigenvalue weighted by Gasteiger charge is 2.21. The Morgan fingerprint density at radius 2 is 0.735 bits per heavy atom. The van der Waals surface area contributed by atoms with Gasteiger partial charge < -0.3 is 14.4 Å². The van der Waals surface area contributed by atoms with E-state index in [1.54, 1.807) is 0 Å². The lowest BCUT2D eigenvalue weighted by Gasteiger charge is -2.26. The number of rotatable bonds is 6. The maximum atomic E-state index is 6.59. The Morgan fingerprint density at radius 1 is 0.286 bits per heavy atom. The molecule has 0 saturated carbocycles. The summed E-state index contributed by atoms with van der Waals surface area (Å²) in [5, 5.41) is 2.06. The average Bonchev–Trinajstić information content (AvgIpc) is 3.33. The van der Waals surface area contributed by atoms with Crippen LogP contribution in [0.5, 0.6) is 23.0 Å². The van der Waals surface area contributed by atoms with Crippen molar-refractivity contribution in [1.29, 1.82) is 0 Å². The number of fused-ring (bicyclic) bond motifs is 1. The second-order valence-corrected chi connectivity index (χ2v) is 12.2. The van der Waals surface area contributed by atoms with Crippen molar-refractivity contribution >= 4 is 27.8 Å². The summed E-state index contributed by atoms with van der Waals surface area (Å²) < 4.78 is 13.0. The van der Waals surface area contributed by atoms with Crippen LogP contribution in [0, 0.1) is 0 Å². The van der Waals surface area contributed by atoms with Crippen molar-refractivity contribution < 1.29 is 9.47 Å². The van der Waals surface area contributed by atoms with Gasteiger partial charge in [-0.1, -0.05) is 127 Å². The van der Waals surface area contributed by atoms with E-state index in [1.165, 1.54) is 27.8 Å². The van der Waals surface area contributed by atoms with E-state index < -0.39 is 0 Å². The van der Waals surface area contributed by atoms with Crippen LogP contribution in [0.25, 0.3) is 44.2 Å². The number of ether oxygens (including phenoxy) is 2. The maximum Gasteiger partial charge on any atom is 0.172 e. The highest BCUT2D eigenvalue weighted by atomic mass is 16.5. The van der Waals surface area contributed by atoms with Crippen LogP contribution < -0.4 is 14.4 Å². The van der Waals surface area contributed by atoms with Crippen molar-refractivity contribution in [1.82, 2.24) is 0 Å². The molecule has 0 N–H and O–H groups in total. The lowest BCUT2D eigenvalue weighted by molar-refractivity contribution is 0.439. The SMILES string of the molecule is c1ccc(-c2ccc(N(c3ccc(-c4cccc(-c5ccccc5)c4)cc3)c3ccc4c(c3)Oc3cccc5cccc(c35)O4)cc2)cc1. The molecular weight excluding hydrogens is 599 g/mol. The minimum atomic E-state index is 0.668.